The summed E-state index contributed by atoms with van der Waals surface area (Å²) in [6.07, 6.45) is -12.4. The molecule has 0 amide bonds. The Morgan fingerprint density at radius 1 is 0.600 bits per heavy atom. The minimum Gasteiger partial charge on any atom is -0.377 e. The monoisotopic (exact) mass is 546 g/mol. The molecule has 1 nitrogen and oxygen atoms in total. The summed E-state index contributed by atoms with van der Waals surface area (Å²) in [5.41, 5.74) is -0.170. The summed E-state index contributed by atoms with van der Waals surface area (Å²) in [6.45, 7) is 2.96. The molecule has 1 unspecified atom stereocenters. The Kier molecular flexibility index (Phi) is 8.20. The van der Waals surface area contributed by atoms with Gasteiger partial charge in [-0.1, -0.05) is 38.1 Å². The molecule has 0 radical (unpaired) electrons. The highest BCUT2D eigenvalue weighted by molar-refractivity contribution is 5.32. The second kappa shape index (κ2) is 9.21. The molecule has 0 aliphatic heterocycles. The number of alkyl halides is 15. The number of halogens is 15. The molecule has 204 valence electrons. The van der Waals surface area contributed by atoms with Crippen LogP contribution >= 0.6 is 0 Å². The minimum atomic E-state index is -8.30. The molecule has 16 heteroatoms. The first kappa shape index (κ1) is 31.2. The topological polar surface area (TPSA) is 9.23 Å². The molecule has 0 bridgehead atoms. The summed E-state index contributed by atoms with van der Waals surface area (Å²) in [5, 5.41) is 0. The summed E-state index contributed by atoms with van der Waals surface area (Å²) >= 11 is 0. The molecule has 0 aromatic heterocycles. The number of methoxy groups -OCH3 is 1. The number of benzene rings is 1. The molecule has 1 aromatic carbocycles. The zero-order chi connectivity index (χ0) is 28.1. The van der Waals surface area contributed by atoms with Crippen molar-refractivity contribution in [3.8, 4) is 0 Å². The van der Waals surface area contributed by atoms with Crippen LogP contribution in [0.1, 0.15) is 43.4 Å². The molecule has 35 heavy (non-hydrogen) atoms. The predicted octanol–water partition coefficient (Wildman–Crippen LogP) is 8.26. The van der Waals surface area contributed by atoms with Gasteiger partial charge < -0.3 is 4.74 Å². The van der Waals surface area contributed by atoms with Gasteiger partial charge in [-0.3, -0.25) is 0 Å². The Morgan fingerprint density at radius 2 is 0.971 bits per heavy atom. The van der Waals surface area contributed by atoms with E-state index in [0.29, 0.717) is 7.11 Å². The Bertz CT molecular complexity index is 873. The van der Waals surface area contributed by atoms with Gasteiger partial charge in [-0.2, -0.15) is 65.9 Å². The fourth-order valence-electron chi connectivity index (χ4n) is 3.01. The van der Waals surface area contributed by atoms with Gasteiger partial charge >= 0.3 is 41.7 Å². The third-order valence-electron chi connectivity index (χ3n) is 5.08. The zero-order valence-electron chi connectivity index (χ0n) is 17.7. The van der Waals surface area contributed by atoms with Crippen LogP contribution in [-0.2, 0) is 4.74 Å². The van der Waals surface area contributed by atoms with Gasteiger partial charge in [0.15, 0.2) is 0 Å². The van der Waals surface area contributed by atoms with Crippen LogP contribution in [0.4, 0.5) is 65.9 Å². The van der Waals surface area contributed by atoms with E-state index in [-0.39, 0.29) is 11.1 Å². The molecule has 0 spiro atoms. The zero-order valence-corrected chi connectivity index (χ0v) is 17.7. The van der Waals surface area contributed by atoms with Gasteiger partial charge in [0.2, 0.25) is 0 Å². The van der Waals surface area contributed by atoms with Gasteiger partial charge in [0, 0.05) is 13.5 Å². The maximum atomic E-state index is 14.3. The van der Waals surface area contributed by atoms with Crippen LogP contribution in [0.3, 0.4) is 0 Å². The maximum absolute atomic E-state index is 14.3. The number of ether oxygens (including phenoxy) is 1. The van der Waals surface area contributed by atoms with E-state index in [1.54, 1.807) is 0 Å². The summed E-state index contributed by atoms with van der Waals surface area (Å²) in [4.78, 5) is 0. The van der Waals surface area contributed by atoms with Crippen molar-refractivity contribution in [2.75, 3.05) is 7.11 Å². The second-order valence-corrected chi connectivity index (χ2v) is 7.79. The van der Waals surface area contributed by atoms with Crippen molar-refractivity contribution >= 4 is 0 Å². The van der Waals surface area contributed by atoms with Crippen molar-refractivity contribution in [2.45, 2.75) is 74.0 Å². The molecule has 1 atom stereocenters. The van der Waals surface area contributed by atoms with Crippen molar-refractivity contribution in [3.63, 3.8) is 0 Å². The fraction of sp³-hybridized carbons (Fsp3) is 0.684. The molecule has 0 saturated heterocycles. The predicted molar refractivity (Wildman–Crippen MR) is 90.6 cm³/mol. The van der Waals surface area contributed by atoms with Crippen LogP contribution in [-0.4, -0.2) is 48.8 Å². The van der Waals surface area contributed by atoms with Crippen molar-refractivity contribution < 1.29 is 70.6 Å². The molecular formula is C19H17F15O. The first-order valence-electron chi connectivity index (χ1n) is 9.30. The van der Waals surface area contributed by atoms with E-state index in [0.717, 1.165) is 6.07 Å². The van der Waals surface area contributed by atoms with Gasteiger partial charge in [-0.05, 0) is 17.0 Å². The Morgan fingerprint density at radius 3 is 1.34 bits per heavy atom. The summed E-state index contributed by atoms with van der Waals surface area (Å²) in [7, 11) is 0.626. The summed E-state index contributed by atoms with van der Waals surface area (Å²) < 4.78 is 205. The highest BCUT2D eigenvalue weighted by atomic mass is 19.4. The van der Waals surface area contributed by atoms with E-state index >= 15 is 0 Å². The lowest BCUT2D eigenvalue weighted by Gasteiger charge is -2.42. The lowest BCUT2D eigenvalue weighted by atomic mass is 9.86. The molecule has 1 rings (SSSR count). The van der Waals surface area contributed by atoms with Crippen molar-refractivity contribution in [2.24, 2.45) is 0 Å². The highest BCUT2D eigenvalue weighted by Gasteiger charge is 2.93. The van der Waals surface area contributed by atoms with Crippen LogP contribution in [0.2, 0.25) is 0 Å². The summed E-state index contributed by atoms with van der Waals surface area (Å²) in [5.74, 6) is -47.1. The van der Waals surface area contributed by atoms with Crippen molar-refractivity contribution in [3.05, 3.63) is 35.4 Å². The first-order valence-corrected chi connectivity index (χ1v) is 9.30. The quantitative estimate of drug-likeness (QED) is 0.269. The lowest BCUT2D eigenvalue weighted by molar-refractivity contribution is -0.453. The van der Waals surface area contributed by atoms with Crippen LogP contribution in [0.5, 0.6) is 0 Å². The van der Waals surface area contributed by atoms with E-state index in [4.69, 9.17) is 0 Å². The van der Waals surface area contributed by atoms with E-state index in [1.165, 1.54) is 32.0 Å². The third kappa shape index (κ3) is 4.78. The van der Waals surface area contributed by atoms with E-state index in [9.17, 15) is 65.9 Å². The fourth-order valence-corrected chi connectivity index (χ4v) is 3.01. The molecule has 0 N–H and O–H groups in total. The van der Waals surface area contributed by atoms with Crippen LogP contribution in [0.25, 0.3) is 0 Å². The van der Waals surface area contributed by atoms with Gasteiger partial charge in [-0.25, -0.2) is 0 Å². The molecule has 0 aliphatic carbocycles. The Balaban J connectivity index is 3.56. The average Bonchev–Trinajstić information content (AvgIpc) is 2.70. The highest BCUT2D eigenvalue weighted by Crippen LogP contribution is 2.63. The molecule has 0 aliphatic rings. The van der Waals surface area contributed by atoms with E-state index in [2.05, 4.69) is 4.74 Å². The van der Waals surface area contributed by atoms with Gasteiger partial charge in [0.25, 0.3) is 0 Å². The van der Waals surface area contributed by atoms with Gasteiger partial charge in [-0.15, -0.1) is 0 Å². The van der Waals surface area contributed by atoms with Gasteiger partial charge in [0.05, 0.1) is 6.10 Å². The largest absolute Gasteiger partial charge is 0.460 e. The first-order chi connectivity index (χ1) is 15.3. The van der Waals surface area contributed by atoms with Crippen LogP contribution < -0.4 is 0 Å². The molecular weight excluding hydrogens is 529 g/mol. The molecule has 0 fully saturated rings. The third-order valence-corrected chi connectivity index (χ3v) is 5.08. The molecule has 0 saturated carbocycles. The van der Waals surface area contributed by atoms with Crippen LogP contribution in [0, 0.1) is 0 Å². The van der Waals surface area contributed by atoms with Crippen LogP contribution in [0.15, 0.2) is 24.3 Å². The van der Waals surface area contributed by atoms with E-state index < -0.39 is 60.2 Å². The maximum Gasteiger partial charge on any atom is 0.460 e. The number of rotatable bonds is 10. The van der Waals surface area contributed by atoms with E-state index in [1.807, 2.05) is 0 Å². The van der Waals surface area contributed by atoms with Crippen molar-refractivity contribution in [1.29, 1.82) is 0 Å². The molecule has 0 heterocycles. The number of hydrogen-bond donors (Lipinski definition) is 0. The smallest absolute Gasteiger partial charge is 0.377 e. The lowest BCUT2D eigenvalue weighted by Crippen LogP contribution is -2.72. The van der Waals surface area contributed by atoms with Gasteiger partial charge in [0.1, 0.15) is 0 Å². The SMILES string of the molecule is COC(CC(F)(F)C(F)(F)C(F)(F)C(F)(F)C(F)(F)C(F)(F)C(F)(F)F)c1ccccc1C(C)C. The average molecular weight is 546 g/mol. The Labute approximate surface area is 188 Å². The standard InChI is InChI=1S/C19H17F15O/c1-9(2)10-6-4-5-7-11(10)12(35-3)8-13(20,21)14(22,23)15(24,25)16(26,27)17(28,29)18(30,31)19(32,33)34/h4-7,9,12H,8H2,1-3H3. The number of hydrogen-bond acceptors (Lipinski definition) is 1. The normalized spacial score (nSPS) is 16.1. The van der Waals surface area contributed by atoms with Crippen molar-refractivity contribution in [1.82, 2.24) is 0 Å². The minimum absolute atomic E-state index is 0.145. The molecule has 1 aromatic rings. The second-order valence-electron chi connectivity index (χ2n) is 7.79. The Hall–Kier alpha value is -1.87. The summed E-state index contributed by atoms with van der Waals surface area (Å²) in [6, 6.07) is 4.83.